The molecule has 0 saturated carbocycles. The van der Waals surface area contributed by atoms with Gasteiger partial charge in [0.15, 0.2) is 0 Å². The molecule has 0 aliphatic rings. The van der Waals surface area contributed by atoms with Crippen molar-refractivity contribution >= 4 is 0 Å². The van der Waals surface area contributed by atoms with E-state index < -0.39 is 0 Å². The minimum atomic E-state index is -0.342. The Morgan fingerprint density at radius 1 is 1.40 bits per heavy atom. The van der Waals surface area contributed by atoms with Gasteiger partial charge in [-0.15, -0.1) is 0 Å². The van der Waals surface area contributed by atoms with Gasteiger partial charge in [-0.2, -0.15) is 0 Å². The molecule has 2 atom stereocenters. The van der Waals surface area contributed by atoms with Gasteiger partial charge < -0.3 is 15.6 Å². The smallest absolute Gasteiger partial charge is 0.136 e. The van der Waals surface area contributed by atoms with Gasteiger partial charge in [0.2, 0.25) is 0 Å². The van der Waals surface area contributed by atoms with E-state index in [1.807, 2.05) is 39.0 Å². The average molecular weight is 209 g/mol. The van der Waals surface area contributed by atoms with E-state index in [1.165, 1.54) is 0 Å². The predicted octanol–water partition coefficient (Wildman–Crippen LogP) is 1.39. The minimum Gasteiger partial charge on any atom is -0.486 e. The molecule has 1 aromatic carbocycles. The number of aliphatic hydroxyl groups is 1. The zero-order valence-corrected chi connectivity index (χ0v) is 9.53. The first-order valence-corrected chi connectivity index (χ1v) is 5.15. The summed E-state index contributed by atoms with van der Waals surface area (Å²) >= 11 is 0. The maximum absolute atomic E-state index is 9.11. The van der Waals surface area contributed by atoms with Crippen molar-refractivity contribution < 1.29 is 9.84 Å². The van der Waals surface area contributed by atoms with Crippen LogP contribution in [0.2, 0.25) is 0 Å². The molecule has 2 unspecified atom stereocenters. The van der Waals surface area contributed by atoms with Crippen LogP contribution in [-0.4, -0.2) is 23.9 Å². The fraction of sp³-hybridized carbons (Fsp3) is 0.500. The summed E-state index contributed by atoms with van der Waals surface area (Å²) in [5.74, 6) is 0.798. The lowest BCUT2D eigenvalue weighted by Crippen LogP contribution is -2.39. The molecule has 15 heavy (non-hydrogen) atoms. The lowest BCUT2D eigenvalue weighted by molar-refractivity contribution is 0.0984. The second kappa shape index (κ2) is 5.14. The standard InChI is InChI=1S/C12H19NO2/c1-8-4-5-9(2)11(6-8)15-12(7-14)10(3)13/h4-6,10,12,14H,7,13H2,1-3H3. The van der Waals surface area contributed by atoms with E-state index >= 15 is 0 Å². The van der Waals surface area contributed by atoms with Crippen LogP contribution < -0.4 is 10.5 Å². The number of ether oxygens (including phenoxy) is 1. The fourth-order valence-electron chi connectivity index (χ4n) is 1.31. The second-order valence-corrected chi connectivity index (χ2v) is 3.97. The molecule has 0 aliphatic heterocycles. The predicted molar refractivity (Wildman–Crippen MR) is 61.1 cm³/mol. The summed E-state index contributed by atoms with van der Waals surface area (Å²) < 4.78 is 5.66. The molecule has 0 amide bonds. The Morgan fingerprint density at radius 2 is 2.07 bits per heavy atom. The number of aliphatic hydroxyl groups excluding tert-OH is 1. The zero-order valence-electron chi connectivity index (χ0n) is 9.53. The third-order valence-electron chi connectivity index (χ3n) is 2.39. The van der Waals surface area contributed by atoms with Gasteiger partial charge in [-0.05, 0) is 38.0 Å². The molecule has 0 radical (unpaired) electrons. The van der Waals surface area contributed by atoms with Crippen LogP contribution >= 0.6 is 0 Å². The van der Waals surface area contributed by atoms with E-state index in [2.05, 4.69) is 0 Å². The van der Waals surface area contributed by atoms with Crippen LogP contribution in [0, 0.1) is 13.8 Å². The monoisotopic (exact) mass is 209 g/mol. The SMILES string of the molecule is Cc1ccc(C)c(OC(CO)C(C)N)c1. The number of hydrogen-bond acceptors (Lipinski definition) is 3. The van der Waals surface area contributed by atoms with Gasteiger partial charge >= 0.3 is 0 Å². The van der Waals surface area contributed by atoms with E-state index in [-0.39, 0.29) is 18.8 Å². The van der Waals surface area contributed by atoms with Crippen molar-refractivity contribution in [2.45, 2.75) is 32.9 Å². The van der Waals surface area contributed by atoms with Crippen molar-refractivity contribution in [2.75, 3.05) is 6.61 Å². The number of nitrogens with two attached hydrogens (primary N) is 1. The summed E-state index contributed by atoms with van der Waals surface area (Å²) in [4.78, 5) is 0. The Morgan fingerprint density at radius 3 is 2.60 bits per heavy atom. The van der Waals surface area contributed by atoms with Crippen LogP contribution in [0.25, 0.3) is 0 Å². The van der Waals surface area contributed by atoms with Crippen molar-refractivity contribution in [3.63, 3.8) is 0 Å². The van der Waals surface area contributed by atoms with Crippen LogP contribution in [0.3, 0.4) is 0 Å². The highest BCUT2D eigenvalue weighted by atomic mass is 16.5. The van der Waals surface area contributed by atoms with Crippen LogP contribution in [-0.2, 0) is 0 Å². The molecule has 3 nitrogen and oxygen atoms in total. The topological polar surface area (TPSA) is 55.5 Å². The lowest BCUT2D eigenvalue weighted by atomic mass is 10.1. The summed E-state index contributed by atoms with van der Waals surface area (Å²) in [6, 6.07) is 5.80. The van der Waals surface area contributed by atoms with Gasteiger partial charge in [0.25, 0.3) is 0 Å². The molecule has 0 heterocycles. The van der Waals surface area contributed by atoms with Crippen molar-refractivity contribution in [1.82, 2.24) is 0 Å². The summed E-state index contributed by atoms with van der Waals surface area (Å²) in [5, 5.41) is 9.11. The number of benzene rings is 1. The summed E-state index contributed by atoms with van der Waals surface area (Å²) in [7, 11) is 0. The molecule has 0 aromatic heterocycles. The molecule has 1 rings (SSSR count). The molecule has 0 aliphatic carbocycles. The van der Waals surface area contributed by atoms with Crippen molar-refractivity contribution in [3.8, 4) is 5.75 Å². The highest BCUT2D eigenvalue weighted by Gasteiger charge is 2.15. The first kappa shape index (κ1) is 12.0. The number of rotatable bonds is 4. The quantitative estimate of drug-likeness (QED) is 0.788. The van der Waals surface area contributed by atoms with Crippen LogP contribution in [0.5, 0.6) is 5.75 Å². The van der Waals surface area contributed by atoms with Crippen molar-refractivity contribution in [3.05, 3.63) is 29.3 Å². The van der Waals surface area contributed by atoms with E-state index in [0.29, 0.717) is 0 Å². The van der Waals surface area contributed by atoms with Gasteiger partial charge in [0, 0.05) is 6.04 Å². The minimum absolute atomic E-state index is 0.0644. The van der Waals surface area contributed by atoms with Crippen molar-refractivity contribution in [2.24, 2.45) is 5.73 Å². The van der Waals surface area contributed by atoms with Crippen LogP contribution in [0.4, 0.5) is 0 Å². The summed E-state index contributed by atoms with van der Waals surface area (Å²) in [6.07, 6.45) is -0.342. The molecular weight excluding hydrogens is 190 g/mol. The molecule has 0 spiro atoms. The molecule has 0 bridgehead atoms. The maximum Gasteiger partial charge on any atom is 0.136 e. The Balaban J connectivity index is 2.82. The molecule has 0 saturated heterocycles. The van der Waals surface area contributed by atoms with E-state index in [4.69, 9.17) is 15.6 Å². The molecular formula is C12H19NO2. The Bertz CT molecular complexity index is 323. The average Bonchev–Trinajstić information content (AvgIpc) is 2.18. The highest BCUT2D eigenvalue weighted by molar-refractivity contribution is 5.36. The first-order valence-electron chi connectivity index (χ1n) is 5.15. The molecule has 3 N–H and O–H groups in total. The third kappa shape index (κ3) is 3.22. The van der Waals surface area contributed by atoms with Gasteiger partial charge in [-0.1, -0.05) is 12.1 Å². The third-order valence-corrected chi connectivity index (χ3v) is 2.39. The number of aryl methyl sites for hydroxylation is 2. The highest BCUT2D eigenvalue weighted by Crippen LogP contribution is 2.20. The molecule has 1 aromatic rings. The summed E-state index contributed by atoms with van der Waals surface area (Å²) in [5.41, 5.74) is 7.89. The Labute approximate surface area is 90.9 Å². The van der Waals surface area contributed by atoms with E-state index in [1.54, 1.807) is 0 Å². The van der Waals surface area contributed by atoms with E-state index in [9.17, 15) is 0 Å². The fourth-order valence-corrected chi connectivity index (χ4v) is 1.31. The summed E-state index contributed by atoms with van der Waals surface area (Å²) in [6.45, 7) is 5.74. The van der Waals surface area contributed by atoms with Crippen LogP contribution in [0.15, 0.2) is 18.2 Å². The van der Waals surface area contributed by atoms with Gasteiger partial charge in [0.05, 0.1) is 6.61 Å². The Hall–Kier alpha value is -1.06. The number of hydrogen-bond donors (Lipinski definition) is 2. The van der Waals surface area contributed by atoms with E-state index in [0.717, 1.165) is 16.9 Å². The van der Waals surface area contributed by atoms with Crippen molar-refractivity contribution in [1.29, 1.82) is 0 Å². The van der Waals surface area contributed by atoms with Crippen LogP contribution in [0.1, 0.15) is 18.1 Å². The molecule has 0 fully saturated rings. The second-order valence-electron chi connectivity index (χ2n) is 3.97. The van der Waals surface area contributed by atoms with Gasteiger partial charge in [0.1, 0.15) is 11.9 Å². The zero-order chi connectivity index (χ0) is 11.4. The largest absolute Gasteiger partial charge is 0.486 e. The van der Waals surface area contributed by atoms with Gasteiger partial charge in [-0.3, -0.25) is 0 Å². The molecule has 3 heteroatoms. The lowest BCUT2D eigenvalue weighted by Gasteiger charge is -2.21. The molecule has 84 valence electrons. The normalized spacial score (nSPS) is 14.7. The first-order chi connectivity index (χ1) is 7.04. The van der Waals surface area contributed by atoms with Gasteiger partial charge in [-0.25, -0.2) is 0 Å². The Kier molecular flexibility index (Phi) is 4.12. The maximum atomic E-state index is 9.11.